The largest absolute Gasteiger partial charge is 0.496 e. The van der Waals surface area contributed by atoms with Crippen LogP contribution in [-0.2, 0) is 6.42 Å². The summed E-state index contributed by atoms with van der Waals surface area (Å²) in [6, 6.07) is 7.29. The van der Waals surface area contributed by atoms with E-state index >= 15 is 0 Å². The van der Waals surface area contributed by atoms with Gasteiger partial charge in [0.1, 0.15) is 5.75 Å². The topological polar surface area (TPSA) is 12.5 Å². The fourth-order valence-electron chi connectivity index (χ4n) is 4.03. The van der Waals surface area contributed by atoms with Crippen LogP contribution in [0.4, 0.5) is 0 Å². The van der Waals surface area contributed by atoms with E-state index in [-0.39, 0.29) is 0 Å². The van der Waals surface area contributed by atoms with Gasteiger partial charge in [-0.25, -0.2) is 0 Å². The Morgan fingerprint density at radius 3 is 2.71 bits per heavy atom. The summed E-state index contributed by atoms with van der Waals surface area (Å²) in [5, 5.41) is 0. The highest BCUT2D eigenvalue weighted by atomic mass is 16.5. The van der Waals surface area contributed by atoms with Crippen LogP contribution in [0.3, 0.4) is 0 Å². The van der Waals surface area contributed by atoms with Crippen LogP contribution in [0.15, 0.2) is 18.2 Å². The van der Waals surface area contributed by atoms with Crippen molar-refractivity contribution in [3.05, 3.63) is 29.3 Å². The molecule has 0 amide bonds. The van der Waals surface area contributed by atoms with Gasteiger partial charge in [-0.3, -0.25) is 4.90 Å². The average Bonchev–Trinajstić information content (AvgIpc) is 3.31. The maximum absolute atomic E-state index is 5.57. The van der Waals surface area contributed by atoms with Crippen LogP contribution in [0.25, 0.3) is 0 Å². The van der Waals surface area contributed by atoms with Crippen LogP contribution in [0.5, 0.6) is 5.75 Å². The van der Waals surface area contributed by atoms with Gasteiger partial charge in [-0.15, -0.1) is 0 Å². The second-order valence-corrected chi connectivity index (χ2v) is 6.86. The number of rotatable bonds is 6. The molecule has 2 atom stereocenters. The SMILES string of the molecule is CCCN(CC1CC1)C1CCc2c(OC)cccc2C1C. The quantitative estimate of drug-likeness (QED) is 0.776. The third kappa shape index (κ3) is 3.11. The molecule has 2 aliphatic carbocycles. The van der Waals surface area contributed by atoms with Gasteiger partial charge in [0.15, 0.2) is 0 Å². The molecule has 1 saturated carbocycles. The van der Waals surface area contributed by atoms with Gasteiger partial charge in [-0.1, -0.05) is 26.0 Å². The molecular formula is C19H29NO. The maximum atomic E-state index is 5.57. The molecule has 2 aliphatic rings. The fraction of sp³-hybridized carbons (Fsp3) is 0.684. The van der Waals surface area contributed by atoms with Gasteiger partial charge in [0, 0.05) is 12.6 Å². The minimum atomic E-state index is 0.620. The molecule has 2 nitrogen and oxygen atoms in total. The van der Waals surface area contributed by atoms with Gasteiger partial charge >= 0.3 is 0 Å². The zero-order valence-corrected chi connectivity index (χ0v) is 13.8. The maximum Gasteiger partial charge on any atom is 0.122 e. The Morgan fingerprint density at radius 2 is 2.05 bits per heavy atom. The minimum absolute atomic E-state index is 0.620. The lowest BCUT2D eigenvalue weighted by atomic mass is 9.79. The van der Waals surface area contributed by atoms with Crippen LogP contribution in [0, 0.1) is 5.92 Å². The van der Waals surface area contributed by atoms with E-state index in [1.165, 1.54) is 56.3 Å². The van der Waals surface area contributed by atoms with Gasteiger partial charge in [0.2, 0.25) is 0 Å². The molecule has 0 N–H and O–H groups in total. The van der Waals surface area contributed by atoms with Gasteiger partial charge in [0.25, 0.3) is 0 Å². The Balaban J connectivity index is 1.81. The third-order valence-corrected chi connectivity index (χ3v) is 5.32. The molecule has 1 fully saturated rings. The first-order chi connectivity index (χ1) is 10.2. The van der Waals surface area contributed by atoms with E-state index in [1.54, 1.807) is 7.11 Å². The zero-order valence-electron chi connectivity index (χ0n) is 13.8. The molecule has 0 saturated heterocycles. The number of hydrogen-bond acceptors (Lipinski definition) is 2. The molecule has 0 aliphatic heterocycles. The standard InChI is InChI=1S/C19H29NO/c1-4-12-20(13-15-8-9-15)18-11-10-17-16(14(18)2)6-5-7-19(17)21-3/h5-7,14-15,18H,4,8-13H2,1-3H3. The normalized spacial score (nSPS) is 25.0. The zero-order chi connectivity index (χ0) is 14.8. The Kier molecular flexibility index (Phi) is 4.54. The summed E-state index contributed by atoms with van der Waals surface area (Å²) in [7, 11) is 1.79. The van der Waals surface area contributed by atoms with E-state index < -0.39 is 0 Å². The van der Waals surface area contributed by atoms with Crippen molar-refractivity contribution < 1.29 is 4.74 Å². The summed E-state index contributed by atoms with van der Waals surface area (Å²) < 4.78 is 5.57. The molecule has 0 heterocycles. The van der Waals surface area contributed by atoms with E-state index in [2.05, 4.69) is 36.9 Å². The fourth-order valence-corrected chi connectivity index (χ4v) is 4.03. The molecule has 0 aromatic heterocycles. The van der Waals surface area contributed by atoms with Gasteiger partial charge < -0.3 is 4.74 Å². The number of fused-ring (bicyclic) bond motifs is 1. The van der Waals surface area contributed by atoms with E-state index in [1.807, 2.05) is 0 Å². The highest BCUT2D eigenvalue weighted by molar-refractivity contribution is 5.44. The van der Waals surface area contributed by atoms with Crippen molar-refractivity contribution in [1.82, 2.24) is 4.90 Å². The van der Waals surface area contributed by atoms with E-state index in [4.69, 9.17) is 4.74 Å². The van der Waals surface area contributed by atoms with Crippen LogP contribution >= 0.6 is 0 Å². The number of benzene rings is 1. The van der Waals surface area contributed by atoms with Crippen molar-refractivity contribution in [2.75, 3.05) is 20.2 Å². The molecule has 0 radical (unpaired) electrons. The van der Waals surface area contributed by atoms with Crippen molar-refractivity contribution in [3.63, 3.8) is 0 Å². The van der Waals surface area contributed by atoms with Crippen molar-refractivity contribution >= 4 is 0 Å². The lowest BCUT2D eigenvalue weighted by Crippen LogP contribution is -2.43. The smallest absolute Gasteiger partial charge is 0.122 e. The minimum Gasteiger partial charge on any atom is -0.496 e. The molecule has 2 unspecified atom stereocenters. The molecule has 3 rings (SSSR count). The molecular weight excluding hydrogens is 258 g/mol. The lowest BCUT2D eigenvalue weighted by molar-refractivity contribution is 0.151. The number of nitrogens with zero attached hydrogens (tertiary/aromatic N) is 1. The summed E-state index contributed by atoms with van der Waals surface area (Å²) in [6.45, 7) is 7.30. The Labute approximate surface area is 129 Å². The van der Waals surface area contributed by atoms with E-state index in [9.17, 15) is 0 Å². The summed E-state index contributed by atoms with van der Waals surface area (Å²) in [5.74, 6) is 2.69. The third-order valence-electron chi connectivity index (χ3n) is 5.32. The molecule has 0 bridgehead atoms. The second kappa shape index (κ2) is 6.39. The Bertz CT molecular complexity index is 480. The summed E-state index contributed by atoms with van der Waals surface area (Å²) in [4.78, 5) is 2.78. The predicted molar refractivity (Wildman–Crippen MR) is 88.1 cm³/mol. The van der Waals surface area contributed by atoms with Crippen LogP contribution in [0.2, 0.25) is 0 Å². The number of ether oxygens (including phenoxy) is 1. The highest BCUT2D eigenvalue weighted by Gasteiger charge is 2.34. The molecule has 0 spiro atoms. The van der Waals surface area contributed by atoms with Crippen molar-refractivity contribution in [1.29, 1.82) is 0 Å². The van der Waals surface area contributed by atoms with Crippen LogP contribution in [0.1, 0.15) is 56.6 Å². The second-order valence-electron chi connectivity index (χ2n) is 6.86. The van der Waals surface area contributed by atoms with Crippen molar-refractivity contribution in [2.45, 2.75) is 57.9 Å². The molecule has 2 heteroatoms. The van der Waals surface area contributed by atoms with Crippen molar-refractivity contribution in [2.24, 2.45) is 5.92 Å². The number of methoxy groups -OCH3 is 1. The first-order valence-electron chi connectivity index (χ1n) is 8.64. The Hall–Kier alpha value is -1.02. The number of hydrogen-bond donors (Lipinski definition) is 0. The van der Waals surface area contributed by atoms with Gasteiger partial charge in [0.05, 0.1) is 7.11 Å². The predicted octanol–water partition coefficient (Wildman–Crippen LogP) is 4.24. The molecule has 1 aromatic carbocycles. The average molecular weight is 287 g/mol. The van der Waals surface area contributed by atoms with Crippen LogP contribution < -0.4 is 4.74 Å². The lowest BCUT2D eigenvalue weighted by Gasteiger charge is -2.40. The first kappa shape index (κ1) is 14.9. The van der Waals surface area contributed by atoms with Crippen molar-refractivity contribution in [3.8, 4) is 5.75 Å². The molecule has 116 valence electrons. The summed E-state index contributed by atoms with van der Waals surface area (Å²) >= 11 is 0. The Morgan fingerprint density at radius 1 is 1.24 bits per heavy atom. The van der Waals surface area contributed by atoms with E-state index in [0.717, 1.165) is 11.7 Å². The first-order valence-corrected chi connectivity index (χ1v) is 8.64. The molecule has 21 heavy (non-hydrogen) atoms. The molecule has 1 aromatic rings. The van der Waals surface area contributed by atoms with Gasteiger partial charge in [-0.05, 0) is 67.7 Å². The summed E-state index contributed by atoms with van der Waals surface area (Å²) in [5.41, 5.74) is 2.97. The summed E-state index contributed by atoms with van der Waals surface area (Å²) in [6.07, 6.45) is 6.61. The van der Waals surface area contributed by atoms with Gasteiger partial charge in [-0.2, -0.15) is 0 Å². The van der Waals surface area contributed by atoms with Crippen LogP contribution in [-0.4, -0.2) is 31.1 Å². The highest BCUT2D eigenvalue weighted by Crippen LogP contribution is 2.40. The van der Waals surface area contributed by atoms with E-state index in [0.29, 0.717) is 12.0 Å². The monoisotopic (exact) mass is 287 g/mol.